The summed E-state index contributed by atoms with van der Waals surface area (Å²) in [5.74, 6) is 1.64. The van der Waals surface area contributed by atoms with E-state index in [4.69, 9.17) is 4.74 Å². The van der Waals surface area contributed by atoms with Gasteiger partial charge in [-0.15, -0.1) is 0 Å². The van der Waals surface area contributed by atoms with E-state index in [0.29, 0.717) is 0 Å². The molecule has 1 aliphatic rings. The predicted molar refractivity (Wildman–Crippen MR) is 179 cm³/mol. The van der Waals surface area contributed by atoms with E-state index in [1.165, 1.54) is 21.9 Å². The Bertz CT molecular complexity index is 2050. The van der Waals surface area contributed by atoms with E-state index in [9.17, 15) is 0 Å². The SMILES string of the molecule is c1ccc(-c2ccc(N(c3ccc4c(c3)Oc3ccccc3N4c3ccccc3)c3cccc4ccccc34)cc2)cc1. The maximum atomic E-state index is 6.59. The molecule has 0 aromatic heterocycles. The van der Waals surface area contributed by atoms with E-state index in [1.807, 2.05) is 18.2 Å². The van der Waals surface area contributed by atoms with E-state index in [-0.39, 0.29) is 0 Å². The lowest BCUT2D eigenvalue weighted by Gasteiger charge is -2.34. The number of ether oxygens (including phenoxy) is 1. The first kappa shape index (κ1) is 25.0. The van der Waals surface area contributed by atoms with Gasteiger partial charge >= 0.3 is 0 Å². The number of anilines is 6. The molecule has 204 valence electrons. The molecule has 1 heterocycles. The van der Waals surface area contributed by atoms with Gasteiger partial charge in [0.1, 0.15) is 0 Å². The molecule has 0 spiro atoms. The first-order valence-corrected chi connectivity index (χ1v) is 14.5. The van der Waals surface area contributed by atoms with Gasteiger partial charge in [0.15, 0.2) is 11.5 Å². The van der Waals surface area contributed by atoms with Crippen LogP contribution < -0.4 is 14.5 Å². The van der Waals surface area contributed by atoms with E-state index in [0.717, 1.165) is 45.6 Å². The fourth-order valence-electron chi connectivity index (χ4n) is 6.00. The van der Waals surface area contributed by atoms with Gasteiger partial charge in [0, 0.05) is 22.8 Å². The Balaban J connectivity index is 1.29. The quantitative estimate of drug-likeness (QED) is 0.211. The standard InChI is InChI=1S/C40H28N2O/c1-3-12-29(13-4-1)30-22-24-33(25-23-30)41(36-20-11-15-31-14-7-8-18-35(31)36)34-26-27-38-40(28-34)43-39-21-10-9-19-37(39)42(38)32-16-5-2-6-17-32/h1-28H. The summed E-state index contributed by atoms with van der Waals surface area (Å²) in [5, 5.41) is 2.39. The number of hydrogen-bond acceptors (Lipinski definition) is 3. The van der Waals surface area contributed by atoms with Gasteiger partial charge in [-0.3, -0.25) is 0 Å². The predicted octanol–water partition coefficient (Wildman–Crippen LogP) is 11.6. The first-order chi connectivity index (χ1) is 21.3. The van der Waals surface area contributed by atoms with E-state index in [1.54, 1.807) is 0 Å². The van der Waals surface area contributed by atoms with Gasteiger partial charge < -0.3 is 14.5 Å². The Morgan fingerprint density at radius 3 is 1.91 bits per heavy atom. The molecule has 0 bridgehead atoms. The van der Waals surface area contributed by atoms with Gasteiger partial charge in [0.2, 0.25) is 0 Å². The minimum absolute atomic E-state index is 0.811. The van der Waals surface area contributed by atoms with Crippen molar-refractivity contribution in [2.45, 2.75) is 0 Å². The Labute approximate surface area is 251 Å². The molecule has 0 saturated heterocycles. The lowest BCUT2D eigenvalue weighted by atomic mass is 10.0. The van der Waals surface area contributed by atoms with E-state index >= 15 is 0 Å². The molecule has 3 nitrogen and oxygen atoms in total. The number of rotatable bonds is 5. The molecule has 8 rings (SSSR count). The van der Waals surface area contributed by atoms with Gasteiger partial charge in [0.25, 0.3) is 0 Å². The summed E-state index contributed by atoms with van der Waals surface area (Å²) in [5.41, 5.74) is 8.72. The zero-order valence-corrected chi connectivity index (χ0v) is 23.5. The average molecular weight is 553 g/mol. The summed E-state index contributed by atoms with van der Waals surface area (Å²) < 4.78 is 6.59. The second kappa shape index (κ2) is 10.6. The Morgan fingerprint density at radius 2 is 1.07 bits per heavy atom. The molecule has 0 unspecified atom stereocenters. The van der Waals surface area contributed by atoms with Crippen LogP contribution in [0.2, 0.25) is 0 Å². The molecular weight excluding hydrogens is 524 g/mol. The minimum Gasteiger partial charge on any atom is -0.453 e. The van der Waals surface area contributed by atoms with Crippen molar-refractivity contribution in [3.8, 4) is 22.6 Å². The first-order valence-electron chi connectivity index (χ1n) is 14.5. The van der Waals surface area contributed by atoms with Gasteiger partial charge in [-0.05, 0) is 71.1 Å². The topological polar surface area (TPSA) is 15.7 Å². The Hall–Kier alpha value is -5.80. The van der Waals surface area contributed by atoms with Crippen LogP contribution in [0, 0.1) is 0 Å². The molecule has 0 radical (unpaired) electrons. The van der Waals surface area contributed by atoms with Gasteiger partial charge in [0.05, 0.1) is 22.7 Å². The van der Waals surface area contributed by atoms with Crippen molar-refractivity contribution >= 4 is 44.9 Å². The highest BCUT2D eigenvalue weighted by atomic mass is 16.5. The summed E-state index contributed by atoms with van der Waals surface area (Å²) in [6, 6.07) is 59.6. The summed E-state index contributed by atoms with van der Waals surface area (Å²) in [7, 11) is 0. The van der Waals surface area contributed by atoms with Crippen molar-refractivity contribution in [1.29, 1.82) is 0 Å². The fraction of sp³-hybridized carbons (Fsp3) is 0. The molecule has 1 aliphatic heterocycles. The number of para-hydroxylation sites is 3. The third-order valence-corrected chi connectivity index (χ3v) is 8.02. The van der Waals surface area contributed by atoms with Gasteiger partial charge in [-0.2, -0.15) is 0 Å². The van der Waals surface area contributed by atoms with Crippen molar-refractivity contribution in [2.24, 2.45) is 0 Å². The zero-order valence-electron chi connectivity index (χ0n) is 23.5. The monoisotopic (exact) mass is 552 g/mol. The van der Waals surface area contributed by atoms with Crippen molar-refractivity contribution in [3.05, 3.63) is 170 Å². The lowest BCUT2D eigenvalue weighted by Crippen LogP contribution is -2.17. The molecule has 0 saturated carbocycles. The van der Waals surface area contributed by atoms with Crippen molar-refractivity contribution < 1.29 is 4.74 Å². The van der Waals surface area contributed by atoms with Gasteiger partial charge in [-0.1, -0.05) is 109 Å². The molecule has 0 atom stereocenters. The van der Waals surface area contributed by atoms with Crippen LogP contribution in [0.1, 0.15) is 0 Å². The van der Waals surface area contributed by atoms with Crippen molar-refractivity contribution in [3.63, 3.8) is 0 Å². The molecule has 3 heteroatoms. The van der Waals surface area contributed by atoms with Crippen LogP contribution in [0.15, 0.2) is 170 Å². The molecular formula is C40H28N2O. The zero-order chi connectivity index (χ0) is 28.6. The second-order valence-electron chi connectivity index (χ2n) is 10.6. The summed E-state index contributed by atoms with van der Waals surface area (Å²) >= 11 is 0. The van der Waals surface area contributed by atoms with Crippen LogP contribution in [0.5, 0.6) is 11.5 Å². The van der Waals surface area contributed by atoms with Crippen LogP contribution in [-0.4, -0.2) is 0 Å². The van der Waals surface area contributed by atoms with Crippen LogP contribution in [-0.2, 0) is 0 Å². The third kappa shape index (κ3) is 4.48. The van der Waals surface area contributed by atoms with E-state index < -0.39 is 0 Å². The van der Waals surface area contributed by atoms with Crippen LogP contribution in [0.25, 0.3) is 21.9 Å². The number of hydrogen-bond donors (Lipinski definition) is 0. The lowest BCUT2D eigenvalue weighted by molar-refractivity contribution is 0.477. The Kier molecular flexibility index (Phi) is 6.12. The highest BCUT2D eigenvalue weighted by Crippen LogP contribution is 2.52. The van der Waals surface area contributed by atoms with Crippen LogP contribution in [0.4, 0.5) is 34.1 Å². The highest BCUT2D eigenvalue weighted by molar-refractivity contribution is 5.99. The summed E-state index contributed by atoms with van der Waals surface area (Å²) in [4.78, 5) is 4.60. The van der Waals surface area contributed by atoms with Gasteiger partial charge in [-0.25, -0.2) is 0 Å². The number of fused-ring (bicyclic) bond motifs is 3. The third-order valence-electron chi connectivity index (χ3n) is 8.02. The van der Waals surface area contributed by atoms with E-state index in [2.05, 4.69) is 161 Å². The normalized spacial score (nSPS) is 11.9. The summed E-state index contributed by atoms with van der Waals surface area (Å²) in [6.07, 6.45) is 0. The highest BCUT2D eigenvalue weighted by Gasteiger charge is 2.27. The Morgan fingerprint density at radius 1 is 0.442 bits per heavy atom. The summed E-state index contributed by atoms with van der Waals surface area (Å²) in [6.45, 7) is 0. The average Bonchev–Trinajstić information content (AvgIpc) is 3.08. The van der Waals surface area contributed by atoms with Crippen LogP contribution >= 0.6 is 0 Å². The molecule has 0 N–H and O–H groups in total. The molecule has 7 aromatic rings. The molecule has 0 fully saturated rings. The van der Waals surface area contributed by atoms with Crippen molar-refractivity contribution in [1.82, 2.24) is 0 Å². The fourth-order valence-corrected chi connectivity index (χ4v) is 6.00. The smallest absolute Gasteiger partial charge is 0.153 e. The minimum atomic E-state index is 0.811. The molecule has 7 aromatic carbocycles. The van der Waals surface area contributed by atoms with Crippen molar-refractivity contribution in [2.75, 3.05) is 9.80 Å². The number of nitrogens with zero attached hydrogens (tertiary/aromatic N) is 2. The van der Waals surface area contributed by atoms with Crippen LogP contribution in [0.3, 0.4) is 0 Å². The molecule has 0 amide bonds. The largest absolute Gasteiger partial charge is 0.453 e. The molecule has 0 aliphatic carbocycles. The number of benzene rings is 7. The maximum absolute atomic E-state index is 6.59. The molecule has 43 heavy (non-hydrogen) atoms. The maximum Gasteiger partial charge on any atom is 0.153 e. The second-order valence-corrected chi connectivity index (χ2v) is 10.6.